The largest absolute Gasteiger partial charge is 0.448 e. The van der Waals surface area contributed by atoms with E-state index >= 15 is 0 Å². The number of nitrogen functional groups attached to an aromatic ring is 1. The van der Waals surface area contributed by atoms with Crippen LogP contribution in [0.25, 0.3) is 0 Å². The van der Waals surface area contributed by atoms with E-state index in [1.165, 1.54) is 50.1 Å². The highest BCUT2D eigenvalue weighted by molar-refractivity contribution is 8.01. The average molecular weight is 811 g/mol. The van der Waals surface area contributed by atoms with Crippen molar-refractivity contribution >= 4 is 64.8 Å². The number of nitrogens with zero attached hydrogens (tertiary/aromatic N) is 7. The molecule has 57 heavy (non-hydrogen) atoms. The van der Waals surface area contributed by atoms with Gasteiger partial charge in [0.25, 0.3) is 5.91 Å². The zero-order valence-electron chi connectivity index (χ0n) is 30.8. The van der Waals surface area contributed by atoms with E-state index in [-0.39, 0.29) is 24.5 Å². The van der Waals surface area contributed by atoms with Gasteiger partial charge in [-0.25, -0.2) is 14.3 Å². The second kappa shape index (κ2) is 16.9. The van der Waals surface area contributed by atoms with Crippen LogP contribution >= 0.6 is 23.5 Å². The van der Waals surface area contributed by atoms with E-state index in [9.17, 15) is 28.8 Å². The van der Waals surface area contributed by atoms with Crippen LogP contribution in [0.2, 0.25) is 0 Å². The molecular weight excluding hydrogens is 773 g/mol. The molecular formula is C38H38N10O7S2. The molecule has 294 valence electrons. The van der Waals surface area contributed by atoms with Gasteiger partial charge >= 0.3 is 23.8 Å². The maximum Gasteiger partial charge on any atom is 0.356 e. The van der Waals surface area contributed by atoms with Crippen molar-refractivity contribution in [2.75, 3.05) is 36.9 Å². The fraction of sp³-hybridized carbons (Fsp3) is 0.289. The second-order valence-corrected chi connectivity index (χ2v) is 15.3. The third-order valence-electron chi connectivity index (χ3n) is 9.66. The first-order chi connectivity index (χ1) is 27.5. The number of anilines is 1. The lowest BCUT2D eigenvalue weighted by Gasteiger charge is -2.50. The lowest BCUT2D eigenvalue weighted by molar-refractivity contribution is -0.155. The molecule has 7 rings (SSSR count). The molecule has 0 aliphatic carbocycles. The number of aryl methyl sites for hydroxylation is 1. The number of β-lactam (4-membered cyclic amide) rings is 1. The Balaban J connectivity index is 1.14. The minimum Gasteiger partial charge on any atom is -0.448 e. The molecule has 19 heteroatoms. The fourth-order valence-electron chi connectivity index (χ4n) is 6.62. The molecule has 0 bridgehead atoms. The molecule has 3 aliphatic rings. The van der Waals surface area contributed by atoms with Crippen LogP contribution < -0.4 is 16.4 Å². The van der Waals surface area contributed by atoms with Crippen LogP contribution in [-0.2, 0) is 35.8 Å². The number of piperazine rings is 1. The molecule has 3 aliphatic heterocycles. The van der Waals surface area contributed by atoms with Gasteiger partial charge in [-0.05, 0) is 51.7 Å². The van der Waals surface area contributed by atoms with Crippen LogP contribution in [0.15, 0.2) is 101 Å². The van der Waals surface area contributed by atoms with Gasteiger partial charge in [-0.3, -0.25) is 29.0 Å². The highest BCUT2D eigenvalue weighted by atomic mass is 32.2. The number of ether oxygens (including phenoxy) is 1. The van der Waals surface area contributed by atoms with E-state index in [1.807, 2.05) is 60.7 Å². The Morgan fingerprint density at radius 2 is 1.60 bits per heavy atom. The number of carbonyl (C=O) groups excluding carboxylic acids is 6. The Hall–Kier alpha value is -6.21. The Bertz CT molecular complexity index is 2180. The summed E-state index contributed by atoms with van der Waals surface area (Å²) in [6, 6.07) is 21.3. The quantitative estimate of drug-likeness (QED) is 0.0615. The van der Waals surface area contributed by atoms with Crippen molar-refractivity contribution in [2.45, 2.75) is 35.6 Å². The Morgan fingerprint density at radius 3 is 2.21 bits per heavy atom. The SMILES string of the molecule is CCN1CCN(C(=O)N[C@@H](C(=O)N[C@@H]2C(=O)N3C(C(=O)OC(c4ccccc4)c4ccccc4)=C(CSc4nnnn4C)CS[C@H]23)c2ccc(N)cc2)C(=O)C1=O. The van der Waals surface area contributed by atoms with Crippen LogP contribution in [0.1, 0.15) is 35.8 Å². The zero-order chi connectivity index (χ0) is 40.2. The number of hydrogen-bond donors (Lipinski definition) is 3. The summed E-state index contributed by atoms with van der Waals surface area (Å²) in [5, 5.41) is 16.7. The fourth-order valence-corrected chi connectivity index (χ4v) is 8.96. The van der Waals surface area contributed by atoms with E-state index in [0.29, 0.717) is 34.3 Å². The smallest absolute Gasteiger partial charge is 0.356 e. The molecule has 3 aromatic carbocycles. The summed E-state index contributed by atoms with van der Waals surface area (Å²) in [4.78, 5) is 84.8. The number of nitrogens with two attached hydrogens (primary N) is 1. The first kappa shape index (κ1) is 39.0. The molecule has 0 saturated carbocycles. The Labute approximate surface area is 335 Å². The first-order valence-corrected chi connectivity index (χ1v) is 20.0. The minimum atomic E-state index is -1.38. The van der Waals surface area contributed by atoms with Gasteiger partial charge in [0.05, 0.1) is 0 Å². The number of esters is 1. The number of thioether (sulfide) groups is 2. The summed E-state index contributed by atoms with van der Waals surface area (Å²) in [5.41, 5.74) is 8.75. The van der Waals surface area contributed by atoms with Gasteiger partial charge < -0.3 is 26.0 Å². The minimum absolute atomic E-state index is 0.0616. The third-order valence-corrected chi connectivity index (χ3v) is 12.1. The van der Waals surface area contributed by atoms with Gasteiger partial charge in [-0.2, -0.15) is 0 Å². The molecule has 1 aromatic heterocycles. The van der Waals surface area contributed by atoms with Crippen LogP contribution in [0.4, 0.5) is 10.5 Å². The molecule has 17 nitrogen and oxygen atoms in total. The lowest BCUT2D eigenvalue weighted by Crippen LogP contribution is -2.71. The normalized spacial score (nSPS) is 18.6. The molecule has 6 amide bonds. The maximum atomic E-state index is 14.4. The number of rotatable bonds is 12. The average Bonchev–Trinajstić information content (AvgIpc) is 3.65. The lowest BCUT2D eigenvalue weighted by atomic mass is 10.00. The highest BCUT2D eigenvalue weighted by Gasteiger charge is 2.55. The van der Waals surface area contributed by atoms with Crippen molar-refractivity contribution in [3.63, 3.8) is 0 Å². The van der Waals surface area contributed by atoms with Crippen LogP contribution in [0.5, 0.6) is 0 Å². The molecule has 0 spiro atoms. The number of aromatic nitrogens is 4. The predicted molar refractivity (Wildman–Crippen MR) is 208 cm³/mol. The number of fused-ring (bicyclic) bond motifs is 1. The Morgan fingerprint density at radius 1 is 0.930 bits per heavy atom. The van der Waals surface area contributed by atoms with Gasteiger partial charge in [0, 0.05) is 43.9 Å². The summed E-state index contributed by atoms with van der Waals surface area (Å²) in [7, 11) is 1.69. The van der Waals surface area contributed by atoms with Crippen LogP contribution in [0.3, 0.4) is 0 Å². The number of benzene rings is 3. The van der Waals surface area contributed by atoms with E-state index in [2.05, 4.69) is 26.2 Å². The van der Waals surface area contributed by atoms with E-state index in [1.54, 1.807) is 26.1 Å². The van der Waals surface area contributed by atoms with Crippen molar-refractivity contribution in [1.82, 2.24) is 45.5 Å². The molecule has 4 heterocycles. The van der Waals surface area contributed by atoms with Crippen molar-refractivity contribution in [3.8, 4) is 0 Å². The van der Waals surface area contributed by atoms with Crippen molar-refractivity contribution in [1.29, 1.82) is 0 Å². The summed E-state index contributed by atoms with van der Waals surface area (Å²) < 4.78 is 7.75. The van der Waals surface area contributed by atoms with Gasteiger partial charge in [0.15, 0.2) is 6.10 Å². The molecule has 2 fully saturated rings. The topological polar surface area (TPSA) is 215 Å². The number of imide groups is 1. The summed E-state index contributed by atoms with van der Waals surface area (Å²) in [6.45, 7) is 2.10. The zero-order valence-corrected chi connectivity index (χ0v) is 32.4. The maximum absolute atomic E-state index is 14.4. The number of tetrazole rings is 1. The summed E-state index contributed by atoms with van der Waals surface area (Å²) >= 11 is 2.65. The van der Waals surface area contributed by atoms with Gasteiger partial charge in [-0.15, -0.1) is 16.9 Å². The van der Waals surface area contributed by atoms with Crippen molar-refractivity contribution in [3.05, 3.63) is 113 Å². The number of amides is 6. The third kappa shape index (κ3) is 8.06. The van der Waals surface area contributed by atoms with Crippen LogP contribution in [-0.4, -0.2) is 113 Å². The molecule has 2 saturated heterocycles. The van der Waals surface area contributed by atoms with E-state index in [0.717, 1.165) is 16.0 Å². The second-order valence-electron chi connectivity index (χ2n) is 13.2. The Kier molecular flexibility index (Phi) is 11.6. The number of urea groups is 1. The van der Waals surface area contributed by atoms with Gasteiger partial charge in [0.2, 0.25) is 11.1 Å². The van der Waals surface area contributed by atoms with Crippen LogP contribution in [0, 0.1) is 0 Å². The number of hydrogen-bond acceptors (Lipinski definition) is 13. The highest BCUT2D eigenvalue weighted by Crippen LogP contribution is 2.43. The molecule has 3 atom stereocenters. The first-order valence-electron chi connectivity index (χ1n) is 18.0. The van der Waals surface area contributed by atoms with Crippen molar-refractivity contribution in [2.24, 2.45) is 7.05 Å². The summed E-state index contributed by atoms with van der Waals surface area (Å²) in [6.07, 6.45) is -0.791. The number of carbonyl (C=O) groups is 6. The van der Waals surface area contributed by atoms with Crippen molar-refractivity contribution < 1.29 is 33.5 Å². The predicted octanol–water partition coefficient (Wildman–Crippen LogP) is 2.01. The molecule has 4 N–H and O–H groups in total. The molecule has 0 radical (unpaired) electrons. The molecule has 0 unspecified atom stereocenters. The van der Waals surface area contributed by atoms with E-state index < -0.39 is 59.2 Å². The number of nitrogens with one attached hydrogen (secondary N) is 2. The monoisotopic (exact) mass is 810 g/mol. The summed E-state index contributed by atoms with van der Waals surface area (Å²) in [5.74, 6) is -3.31. The van der Waals surface area contributed by atoms with E-state index in [4.69, 9.17) is 10.5 Å². The van der Waals surface area contributed by atoms with Gasteiger partial charge in [-0.1, -0.05) is 84.6 Å². The van der Waals surface area contributed by atoms with Gasteiger partial charge in [0.1, 0.15) is 23.2 Å². The molecule has 4 aromatic rings. The standard InChI is InChI=1S/C38H38N10O7S2/c1-3-46-18-19-47(34(52)33(46)51)37(54)41-27(22-14-16-26(39)17-15-22)31(49)40-28-32(50)48-29(25(20-56-35(28)48)21-57-38-42-43-44-45(38)2)36(53)55-30(23-10-6-4-7-11-23)24-12-8-5-9-13-24/h4-17,27-28,30,35H,3,18-21,39H2,1-2H3,(H,40,49)(H,41,54)/t27-,28-,35-/m1/s1. The number of likely N-dealkylation sites (N-methyl/N-ethyl adjacent to an activating group) is 1.